The van der Waals surface area contributed by atoms with Gasteiger partial charge in [-0.3, -0.25) is 20.4 Å². The maximum absolute atomic E-state index is 11.7. The summed E-state index contributed by atoms with van der Waals surface area (Å²) in [5, 5.41) is 0. The molecular formula is C11H13ClN2O4. The van der Waals surface area contributed by atoms with E-state index in [1.54, 1.807) is 6.07 Å². The average Bonchev–Trinajstić information content (AvgIpc) is 2.43. The first-order valence-electron chi connectivity index (χ1n) is 4.99. The fourth-order valence-electron chi connectivity index (χ4n) is 1.17. The van der Waals surface area contributed by atoms with E-state index in [1.807, 2.05) is 0 Å². The van der Waals surface area contributed by atoms with Gasteiger partial charge in [-0.15, -0.1) is 11.6 Å². The fraction of sp³-hybridized carbons (Fsp3) is 0.273. The third-order valence-corrected chi connectivity index (χ3v) is 2.29. The van der Waals surface area contributed by atoms with Gasteiger partial charge in [0.1, 0.15) is 17.4 Å². The highest BCUT2D eigenvalue weighted by molar-refractivity contribution is 6.27. The fourth-order valence-corrected chi connectivity index (χ4v) is 1.24. The van der Waals surface area contributed by atoms with Crippen molar-refractivity contribution in [1.29, 1.82) is 0 Å². The van der Waals surface area contributed by atoms with Crippen molar-refractivity contribution in [3.05, 3.63) is 23.8 Å². The summed E-state index contributed by atoms with van der Waals surface area (Å²) in [7, 11) is 2.96. The largest absolute Gasteiger partial charge is 0.497 e. The molecule has 1 rings (SSSR count). The van der Waals surface area contributed by atoms with Gasteiger partial charge in [0.2, 0.25) is 0 Å². The van der Waals surface area contributed by atoms with Gasteiger partial charge in [0, 0.05) is 11.6 Å². The van der Waals surface area contributed by atoms with Gasteiger partial charge in [-0.25, -0.2) is 0 Å². The molecule has 6 nitrogen and oxygen atoms in total. The molecule has 1 aromatic carbocycles. The van der Waals surface area contributed by atoms with E-state index in [1.165, 1.54) is 26.4 Å². The number of hydrogen-bond donors (Lipinski definition) is 2. The van der Waals surface area contributed by atoms with Gasteiger partial charge in [0.05, 0.1) is 14.2 Å². The zero-order valence-electron chi connectivity index (χ0n) is 9.95. The van der Waals surface area contributed by atoms with E-state index in [0.29, 0.717) is 17.1 Å². The Hall–Kier alpha value is -1.95. The van der Waals surface area contributed by atoms with E-state index in [2.05, 4.69) is 10.9 Å². The first kappa shape index (κ1) is 14.1. The van der Waals surface area contributed by atoms with Crippen molar-refractivity contribution >= 4 is 23.4 Å². The number of halogens is 1. The molecule has 0 fully saturated rings. The zero-order chi connectivity index (χ0) is 13.5. The van der Waals surface area contributed by atoms with E-state index in [-0.39, 0.29) is 5.88 Å². The number of amides is 2. The van der Waals surface area contributed by atoms with Crippen LogP contribution in [0.1, 0.15) is 10.4 Å². The van der Waals surface area contributed by atoms with Crippen molar-refractivity contribution in [3.63, 3.8) is 0 Å². The van der Waals surface area contributed by atoms with Crippen LogP contribution in [0, 0.1) is 0 Å². The third kappa shape index (κ3) is 3.81. The third-order valence-electron chi connectivity index (χ3n) is 2.05. The minimum absolute atomic E-state index is 0.234. The van der Waals surface area contributed by atoms with Gasteiger partial charge in [-0.1, -0.05) is 0 Å². The van der Waals surface area contributed by atoms with E-state index in [4.69, 9.17) is 21.1 Å². The molecule has 98 valence electrons. The van der Waals surface area contributed by atoms with E-state index in [9.17, 15) is 9.59 Å². The van der Waals surface area contributed by atoms with Crippen molar-refractivity contribution < 1.29 is 19.1 Å². The number of carbonyl (C=O) groups excluding carboxylic acids is 2. The maximum Gasteiger partial charge on any atom is 0.269 e. The summed E-state index contributed by atoms with van der Waals surface area (Å²) in [6.07, 6.45) is 0. The molecule has 18 heavy (non-hydrogen) atoms. The second-order valence-corrected chi connectivity index (χ2v) is 3.50. The zero-order valence-corrected chi connectivity index (χ0v) is 10.7. The number of hydrogen-bond acceptors (Lipinski definition) is 4. The number of benzene rings is 1. The second kappa shape index (κ2) is 6.70. The average molecular weight is 273 g/mol. The van der Waals surface area contributed by atoms with Crippen LogP contribution in [-0.4, -0.2) is 31.9 Å². The lowest BCUT2D eigenvalue weighted by Crippen LogP contribution is -2.42. The van der Waals surface area contributed by atoms with Gasteiger partial charge in [0.25, 0.3) is 11.8 Å². The molecule has 7 heteroatoms. The number of rotatable bonds is 4. The molecule has 0 aliphatic heterocycles. The maximum atomic E-state index is 11.7. The number of methoxy groups -OCH3 is 2. The van der Waals surface area contributed by atoms with Crippen LogP contribution in [0.25, 0.3) is 0 Å². The molecule has 2 amide bonds. The van der Waals surface area contributed by atoms with Crippen molar-refractivity contribution in [2.45, 2.75) is 0 Å². The Bertz CT molecular complexity index is 428. The van der Waals surface area contributed by atoms with Crippen LogP contribution >= 0.6 is 11.6 Å². The normalized spacial score (nSPS) is 9.50. The summed E-state index contributed by atoms with van der Waals surface area (Å²) < 4.78 is 10.1. The number of hydrazine groups is 1. The Balaban J connectivity index is 2.81. The van der Waals surface area contributed by atoms with Gasteiger partial charge < -0.3 is 9.47 Å². The molecule has 1 aromatic rings. The lowest BCUT2D eigenvalue weighted by atomic mass is 10.2. The predicted molar refractivity (Wildman–Crippen MR) is 65.9 cm³/mol. The first-order chi connectivity index (χ1) is 8.60. The van der Waals surface area contributed by atoms with Crippen LogP contribution in [0.15, 0.2) is 18.2 Å². The smallest absolute Gasteiger partial charge is 0.269 e. The monoisotopic (exact) mass is 272 g/mol. The molecule has 0 spiro atoms. The lowest BCUT2D eigenvalue weighted by molar-refractivity contribution is -0.119. The quantitative estimate of drug-likeness (QED) is 0.625. The molecule has 0 unspecified atom stereocenters. The molecule has 0 bridgehead atoms. The highest BCUT2D eigenvalue weighted by Gasteiger charge is 2.10. The molecule has 2 N–H and O–H groups in total. The Morgan fingerprint density at radius 2 is 1.67 bits per heavy atom. The number of alkyl halides is 1. The summed E-state index contributed by atoms with van der Waals surface area (Å²) in [4.78, 5) is 22.6. The highest BCUT2D eigenvalue weighted by atomic mass is 35.5. The molecule has 0 saturated heterocycles. The Morgan fingerprint density at radius 3 is 2.11 bits per heavy atom. The minimum Gasteiger partial charge on any atom is -0.497 e. The van der Waals surface area contributed by atoms with Gasteiger partial charge in [-0.2, -0.15) is 0 Å². The second-order valence-electron chi connectivity index (χ2n) is 3.24. The Kier molecular flexibility index (Phi) is 5.26. The molecule has 0 saturated carbocycles. The molecule has 0 radical (unpaired) electrons. The Labute approximate surface area is 109 Å². The van der Waals surface area contributed by atoms with Crippen molar-refractivity contribution in [2.75, 3.05) is 20.1 Å². The van der Waals surface area contributed by atoms with Gasteiger partial charge in [0.15, 0.2) is 0 Å². The van der Waals surface area contributed by atoms with Crippen LogP contribution in [0.5, 0.6) is 11.5 Å². The molecule has 0 aliphatic carbocycles. The van der Waals surface area contributed by atoms with E-state index in [0.717, 1.165) is 0 Å². The number of carbonyl (C=O) groups is 2. The molecule has 0 atom stereocenters. The van der Waals surface area contributed by atoms with Crippen molar-refractivity contribution in [2.24, 2.45) is 0 Å². The number of nitrogens with one attached hydrogen (secondary N) is 2. The SMILES string of the molecule is COc1cc(OC)cc(C(=O)NNC(=O)CCl)c1. The Morgan fingerprint density at radius 1 is 1.11 bits per heavy atom. The van der Waals surface area contributed by atoms with Crippen molar-refractivity contribution in [3.8, 4) is 11.5 Å². The van der Waals surface area contributed by atoms with Gasteiger partial charge in [-0.05, 0) is 12.1 Å². The van der Waals surface area contributed by atoms with E-state index < -0.39 is 11.8 Å². The van der Waals surface area contributed by atoms with Crippen LogP contribution in [0.3, 0.4) is 0 Å². The van der Waals surface area contributed by atoms with Crippen LogP contribution in [0.4, 0.5) is 0 Å². The van der Waals surface area contributed by atoms with E-state index >= 15 is 0 Å². The van der Waals surface area contributed by atoms with Gasteiger partial charge >= 0.3 is 0 Å². The summed E-state index contributed by atoms with van der Waals surface area (Å²) in [5.74, 6) is -0.279. The highest BCUT2D eigenvalue weighted by Crippen LogP contribution is 2.22. The minimum atomic E-state index is -0.500. The molecular weight excluding hydrogens is 260 g/mol. The standard InChI is InChI=1S/C11H13ClN2O4/c1-17-8-3-7(4-9(5-8)18-2)11(16)14-13-10(15)6-12/h3-5H,6H2,1-2H3,(H,13,15)(H,14,16). The first-order valence-corrected chi connectivity index (χ1v) is 5.52. The summed E-state index contributed by atoms with van der Waals surface area (Å²) >= 11 is 5.27. The summed E-state index contributed by atoms with van der Waals surface area (Å²) in [5.41, 5.74) is 4.66. The predicted octanol–water partition coefficient (Wildman–Crippen LogP) is 0.704. The molecule has 0 aromatic heterocycles. The molecule has 0 aliphatic rings. The summed E-state index contributed by atoms with van der Waals surface area (Å²) in [6, 6.07) is 4.67. The van der Waals surface area contributed by atoms with Crippen LogP contribution < -0.4 is 20.3 Å². The topological polar surface area (TPSA) is 76.7 Å². The molecule has 0 heterocycles. The lowest BCUT2D eigenvalue weighted by Gasteiger charge is -2.09. The van der Waals surface area contributed by atoms with Crippen molar-refractivity contribution in [1.82, 2.24) is 10.9 Å². The van der Waals surface area contributed by atoms with Crippen LogP contribution in [-0.2, 0) is 4.79 Å². The number of ether oxygens (including phenoxy) is 2. The summed E-state index contributed by atoms with van der Waals surface area (Å²) in [6.45, 7) is 0. The van der Waals surface area contributed by atoms with Crippen LogP contribution in [0.2, 0.25) is 0 Å².